The zero-order valence-corrected chi connectivity index (χ0v) is 17.2. The van der Waals surface area contributed by atoms with Crippen molar-refractivity contribution in [2.24, 2.45) is 5.10 Å². The lowest BCUT2D eigenvalue weighted by atomic mass is 10.1. The van der Waals surface area contributed by atoms with Crippen LogP contribution in [0.25, 0.3) is 11.3 Å². The first kappa shape index (κ1) is 19.6. The lowest BCUT2D eigenvalue weighted by Gasteiger charge is -2.10. The second-order valence-corrected chi connectivity index (χ2v) is 7.31. The van der Waals surface area contributed by atoms with Crippen LogP contribution in [0.15, 0.2) is 46.9 Å². The molecule has 0 bridgehead atoms. The summed E-state index contributed by atoms with van der Waals surface area (Å²) < 4.78 is 5.47. The average Bonchev–Trinajstić information content (AvgIpc) is 3.15. The zero-order valence-electron chi connectivity index (χ0n) is 16.4. The molecule has 1 aromatic heterocycles. The van der Waals surface area contributed by atoms with Crippen LogP contribution < -0.4 is 10.2 Å². The minimum atomic E-state index is 0.265. The largest absolute Gasteiger partial charge is 0.494 e. The van der Waals surface area contributed by atoms with Gasteiger partial charge in [0.1, 0.15) is 11.8 Å². The average molecular weight is 391 g/mol. The molecular weight excluding hydrogens is 368 g/mol. The quantitative estimate of drug-likeness (QED) is 0.447. The minimum absolute atomic E-state index is 0.265. The third kappa shape index (κ3) is 4.38. The number of ether oxygens (including phenoxy) is 1. The van der Waals surface area contributed by atoms with Gasteiger partial charge < -0.3 is 4.74 Å². The van der Waals surface area contributed by atoms with Gasteiger partial charge in [0.15, 0.2) is 10.7 Å². The van der Waals surface area contributed by atoms with Gasteiger partial charge in [-0.1, -0.05) is 17.7 Å². The normalized spacial score (nSPS) is 11.2. The smallest absolute Gasteiger partial charge is 0.196 e. The summed E-state index contributed by atoms with van der Waals surface area (Å²) in [5, 5.41) is 16.4. The summed E-state index contributed by atoms with van der Waals surface area (Å²) in [5.74, 6) is 0.828. The van der Waals surface area contributed by atoms with Gasteiger partial charge in [-0.2, -0.15) is 10.4 Å². The molecule has 0 fully saturated rings. The highest BCUT2D eigenvalue weighted by atomic mass is 32.1. The fraction of sp³-hybridized carbons (Fsp3) is 0.227. The molecule has 28 heavy (non-hydrogen) atoms. The summed E-state index contributed by atoms with van der Waals surface area (Å²) in [4.78, 5) is 4.58. The van der Waals surface area contributed by atoms with Crippen molar-refractivity contribution in [3.63, 3.8) is 0 Å². The summed E-state index contributed by atoms with van der Waals surface area (Å²) in [6, 6.07) is 14.1. The number of hydrogen-bond donors (Lipinski definition) is 1. The Labute approximate surface area is 169 Å². The number of benzene rings is 2. The molecular formula is C22H22N4OS. The van der Waals surface area contributed by atoms with Crippen LogP contribution in [0.1, 0.15) is 28.6 Å². The SMILES string of the molecule is CCOc1ccc(-c2csc(C(C#N)=NNc3c(C)cc(C)cc3C)n2)cc1. The van der Waals surface area contributed by atoms with Gasteiger partial charge in [0.25, 0.3) is 0 Å². The molecule has 2 aromatic carbocycles. The number of nitrogens with one attached hydrogen (secondary N) is 1. The van der Waals surface area contributed by atoms with Crippen LogP contribution in [0.5, 0.6) is 5.75 Å². The van der Waals surface area contributed by atoms with Gasteiger partial charge in [-0.05, 0) is 63.1 Å². The van der Waals surface area contributed by atoms with Gasteiger partial charge in [0, 0.05) is 10.9 Å². The summed E-state index contributed by atoms with van der Waals surface area (Å²) in [7, 11) is 0. The molecule has 1 N–H and O–H groups in total. The second-order valence-electron chi connectivity index (χ2n) is 6.45. The number of thiazole rings is 1. The summed E-state index contributed by atoms with van der Waals surface area (Å²) in [6.45, 7) is 8.70. The van der Waals surface area contributed by atoms with Crippen molar-refractivity contribution in [3.05, 3.63) is 63.5 Å². The fourth-order valence-electron chi connectivity index (χ4n) is 2.99. The highest BCUT2D eigenvalue weighted by Crippen LogP contribution is 2.25. The molecule has 1 heterocycles. The first-order valence-corrected chi connectivity index (χ1v) is 9.90. The van der Waals surface area contributed by atoms with E-state index in [1.807, 2.05) is 50.4 Å². The molecule has 0 saturated carbocycles. The minimum Gasteiger partial charge on any atom is -0.494 e. The Balaban J connectivity index is 1.82. The highest BCUT2D eigenvalue weighted by molar-refractivity contribution is 7.12. The molecule has 0 atom stereocenters. The molecule has 5 nitrogen and oxygen atoms in total. The van der Waals surface area contributed by atoms with Crippen LogP contribution in [0.2, 0.25) is 0 Å². The van der Waals surface area contributed by atoms with Crippen molar-refractivity contribution in [1.82, 2.24) is 4.98 Å². The number of nitriles is 1. The van der Waals surface area contributed by atoms with Gasteiger partial charge in [-0.15, -0.1) is 11.3 Å². The Bertz CT molecular complexity index is 1020. The standard InChI is InChI=1S/C22H22N4OS/c1-5-27-18-8-6-17(7-9-18)20-13-28-22(24-20)19(12-23)25-26-21-15(3)10-14(2)11-16(21)4/h6-11,13,26H,5H2,1-4H3. The third-order valence-corrected chi connectivity index (χ3v) is 5.08. The summed E-state index contributed by atoms with van der Waals surface area (Å²) in [5.41, 5.74) is 9.39. The Hall–Kier alpha value is -3.17. The molecule has 0 amide bonds. The zero-order chi connectivity index (χ0) is 20.1. The molecule has 0 unspecified atom stereocenters. The van der Waals surface area contributed by atoms with Crippen LogP contribution >= 0.6 is 11.3 Å². The monoisotopic (exact) mass is 390 g/mol. The highest BCUT2D eigenvalue weighted by Gasteiger charge is 2.11. The molecule has 0 spiro atoms. The number of anilines is 1. The van der Waals surface area contributed by atoms with Gasteiger partial charge in [0.2, 0.25) is 0 Å². The predicted molar refractivity (Wildman–Crippen MR) is 115 cm³/mol. The molecule has 0 radical (unpaired) electrons. The van der Waals surface area contributed by atoms with E-state index < -0.39 is 0 Å². The Morgan fingerprint density at radius 3 is 2.46 bits per heavy atom. The van der Waals surface area contributed by atoms with E-state index in [9.17, 15) is 5.26 Å². The Morgan fingerprint density at radius 1 is 1.18 bits per heavy atom. The van der Waals surface area contributed by atoms with Crippen LogP contribution in [-0.4, -0.2) is 17.3 Å². The summed E-state index contributed by atoms with van der Waals surface area (Å²) >= 11 is 1.40. The van der Waals surface area contributed by atoms with E-state index in [2.05, 4.69) is 40.6 Å². The van der Waals surface area contributed by atoms with Crippen LogP contribution in [0.4, 0.5) is 5.69 Å². The molecule has 6 heteroatoms. The number of hydrazone groups is 1. The van der Waals surface area contributed by atoms with Crippen molar-refractivity contribution < 1.29 is 4.74 Å². The first-order valence-electron chi connectivity index (χ1n) is 9.02. The van der Waals surface area contributed by atoms with E-state index >= 15 is 0 Å². The van der Waals surface area contributed by atoms with Crippen molar-refractivity contribution in [3.8, 4) is 23.1 Å². The van der Waals surface area contributed by atoms with Crippen molar-refractivity contribution in [1.29, 1.82) is 5.26 Å². The molecule has 0 saturated heterocycles. The van der Waals surface area contributed by atoms with Crippen LogP contribution in [-0.2, 0) is 0 Å². The topological polar surface area (TPSA) is 70.3 Å². The first-order chi connectivity index (χ1) is 13.5. The Kier molecular flexibility index (Phi) is 6.07. The van der Waals surface area contributed by atoms with Crippen LogP contribution in [0, 0.1) is 32.1 Å². The molecule has 0 aliphatic rings. The van der Waals surface area contributed by atoms with Gasteiger partial charge in [-0.3, -0.25) is 5.43 Å². The molecule has 3 aromatic rings. The maximum atomic E-state index is 9.54. The van der Waals surface area contributed by atoms with E-state index in [1.165, 1.54) is 16.9 Å². The number of hydrogen-bond acceptors (Lipinski definition) is 6. The predicted octanol–water partition coefficient (Wildman–Crippen LogP) is 5.47. The number of rotatable bonds is 6. The van der Waals surface area contributed by atoms with E-state index in [1.54, 1.807) is 0 Å². The molecule has 3 rings (SSSR count). The van der Waals surface area contributed by atoms with E-state index in [0.717, 1.165) is 33.8 Å². The number of aromatic nitrogens is 1. The maximum absolute atomic E-state index is 9.54. The van der Waals surface area contributed by atoms with Crippen molar-refractivity contribution in [2.45, 2.75) is 27.7 Å². The molecule has 142 valence electrons. The number of nitrogens with zero attached hydrogens (tertiary/aromatic N) is 3. The summed E-state index contributed by atoms with van der Waals surface area (Å²) in [6.07, 6.45) is 0. The van der Waals surface area contributed by atoms with E-state index in [-0.39, 0.29) is 5.71 Å². The third-order valence-electron chi connectivity index (χ3n) is 4.23. The lowest BCUT2D eigenvalue weighted by molar-refractivity contribution is 0.340. The van der Waals surface area contributed by atoms with Gasteiger partial charge >= 0.3 is 0 Å². The number of aryl methyl sites for hydroxylation is 3. The molecule has 0 aliphatic carbocycles. The maximum Gasteiger partial charge on any atom is 0.196 e. The van der Waals surface area contributed by atoms with Crippen LogP contribution in [0.3, 0.4) is 0 Å². The molecule has 0 aliphatic heterocycles. The van der Waals surface area contributed by atoms with Crippen molar-refractivity contribution >= 4 is 22.7 Å². The van der Waals surface area contributed by atoms with Gasteiger partial charge in [-0.25, -0.2) is 4.98 Å². The van der Waals surface area contributed by atoms with Gasteiger partial charge in [0.05, 0.1) is 18.0 Å². The van der Waals surface area contributed by atoms with E-state index in [4.69, 9.17) is 4.74 Å². The fourth-order valence-corrected chi connectivity index (χ4v) is 3.76. The Morgan fingerprint density at radius 2 is 1.86 bits per heavy atom. The lowest BCUT2D eigenvalue weighted by Crippen LogP contribution is -2.03. The second kappa shape index (κ2) is 8.68. The van der Waals surface area contributed by atoms with Crippen molar-refractivity contribution in [2.75, 3.05) is 12.0 Å². The van der Waals surface area contributed by atoms with E-state index in [0.29, 0.717) is 11.6 Å².